The summed E-state index contributed by atoms with van der Waals surface area (Å²) in [6.07, 6.45) is 1.63. The van der Waals surface area contributed by atoms with E-state index >= 15 is 0 Å². The number of nitrogens with one attached hydrogen (secondary N) is 1. The predicted octanol–water partition coefficient (Wildman–Crippen LogP) is 1.24. The molecule has 5 nitrogen and oxygen atoms in total. The van der Waals surface area contributed by atoms with Crippen LogP contribution in [0, 0.1) is 0 Å². The summed E-state index contributed by atoms with van der Waals surface area (Å²) in [6, 6.07) is 8.16. The molecule has 1 aromatic heterocycles. The van der Waals surface area contributed by atoms with E-state index in [1.165, 1.54) is 10.4 Å². The van der Waals surface area contributed by atoms with Gasteiger partial charge in [0.15, 0.2) is 5.82 Å². The van der Waals surface area contributed by atoms with Crippen molar-refractivity contribution in [1.82, 2.24) is 25.5 Å². The second kappa shape index (κ2) is 5.93. The first-order chi connectivity index (χ1) is 8.67. The molecule has 96 valence electrons. The Hall–Kier alpha value is -1.46. The van der Waals surface area contributed by atoms with E-state index in [2.05, 4.69) is 26.8 Å². The smallest absolute Gasteiger partial charge is 0.176 e. The summed E-state index contributed by atoms with van der Waals surface area (Å²) in [7, 11) is 3.70. The van der Waals surface area contributed by atoms with Crippen molar-refractivity contribution in [2.24, 2.45) is 7.05 Å². The van der Waals surface area contributed by atoms with Crippen LogP contribution in [0.3, 0.4) is 0 Å². The topological polar surface area (TPSA) is 55.6 Å². The van der Waals surface area contributed by atoms with E-state index in [0.29, 0.717) is 0 Å². The molecule has 2 aromatic rings. The Morgan fingerprint density at radius 1 is 1.39 bits per heavy atom. The molecule has 0 bridgehead atoms. The minimum atomic E-state index is 0.271. The largest absolute Gasteiger partial charge is 0.316 e. The summed E-state index contributed by atoms with van der Waals surface area (Å²) in [5, 5.41) is 16.0. The molecule has 18 heavy (non-hydrogen) atoms. The summed E-state index contributed by atoms with van der Waals surface area (Å²) in [5.41, 5.74) is 1.20. The van der Waals surface area contributed by atoms with Gasteiger partial charge in [0.05, 0.1) is 7.05 Å². The molecule has 0 aliphatic heterocycles. The lowest BCUT2D eigenvalue weighted by molar-refractivity contribution is 0.540. The molecule has 2 rings (SSSR count). The highest BCUT2D eigenvalue weighted by atomic mass is 35.5. The Bertz CT molecular complexity index is 511. The minimum Gasteiger partial charge on any atom is -0.316 e. The number of hydrogen-bond acceptors (Lipinski definition) is 4. The lowest BCUT2D eigenvalue weighted by Gasteiger charge is -2.14. The third kappa shape index (κ3) is 3.51. The number of halogens is 1. The molecule has 0 aliphatic carbocycles. The molecule has 1 N–H and O–H groups in total. The molecule has 1 aromatic carbocycles. The van der Waals surface area contributed by atoms with E-state index in [0.717, 1.165) is 23.7 Å². The van der Waals surface area contributed by atoms with Crippen molar-refractivity contribution in [2.45, 2.75) is 18.9 Å². The first kappa shape index (κ1) is 13.0. The SMILES string of the molecule is CNC(Cc1cccc(Cl)c1)Cc1nnn(C)n1. The van der Waals surface area contributed by atoms with Gasteiger partial charge in [-0.25, -0.2) is 0 Å². The highest BCUT2D eigenvalue weighted by Gasteiger charge is 2.12. The van der Waals surface area contributed by atoms with Crippen molar-refractivity contribution in [3.8, 4) is 0 Å². The molecule has 1 heterocycles. The van der Waals surface area contributed by atoms with Gasteiger partial charge in [0.25, 0.3) is 0 Å². The lowest BCUT2D eigenvalue weighted by Crippen LogP contribution is -2.30. The zero-order valence-corrected chi connectivity index (χ0v) is 11.2. The van der Waals surface area contributed by atoms with Crippen LogP contribution >= 0.6 is 11.6 Å². The van der Waals surface area contributed by atoms with Crippen molar-refractivity contribution in [1.29, 1.82) is 0 Å². The first-order valence-electron chi connectivity index (χ1n) is 5.82. The molecule has 0 saturated carbocycles. The van der Waals surface area contributed by atoms with Crippen molar-refractivity contribution in [3.63, 3.8) is 0 Å². The Kier molecular flexibility index (Phi) is 4.28. The van der Waals surface area contributed by atoms with Gasteiger partial charge in [0.1, 0.15) is 0 Å². The van der Waals surface area contributed by atoms with Gasteiger partial charge in [0, 0.05) is 17.5 Å². The monoisotopic (exact) mass is 265 g/mol. The first-order valence-corrected chi connectivity index (χ1v) is 6.20. The van der Waals surface area contributed by atoms with Crippen molar-refractivity contribution in [2.75, 3.05) is 7.05 Å². The van der Waals surface area contributed by atoms with E-state index in [-0.39, 0.29) is 6.04 Å². The van der Waals surface area contributed by atoms with E-state index in [1.807, 2.05) is 25.2 Å². The number of hydrogen-bond donors (Lipinski definition) is 1. The van der Waals surface area contributed by atoms with Crippen molar-refractivity contribution in [3.05, 3.63) is 40.7 Å². The predicted molar refractivity (Wildman–Crippen MR) is 70.5 cm³/mol. The normalized spacial score (nSPS) is 12.6. The second-order valence-electron chi connectivity index (χ2n) is 4.22. The maximum absolute atomic E-state index is 5.98. The van der Waals surface area contributed by atoms with Crippen LogP contribution in [0.1, 0.15) is 11.4 Å². The second-order valence-corrected chi connectivity index (χ2v) is 4.66. The van der Waals surface area contributed by atoms with Crippen LogP contribution in [-0.2, 0) is 19.9 Å². The summed E-state index contributed by atoms with van der Waals surface area (Å²) >= 11 is 5.98. The minimum absolute atomic E-state index is 0.271. The molecule has 0 saturated heterocycles. The number of benzene rings is 1. The van der Waals surface area contributed by atoms with Crippen LogP contribution in [0.2, 0.25) is 5.02 Å². The highest BCUT2D eigenvalue weighted by Crippen LogP contribution is 2.13. The maximum Gasteiger partial charge on any atom is 0.176 e. The Balaban J connectivity index is 2.01. The van der Waals surface area contributed by atoms with Gasteiger partial charge < -0.3 is 5.32 Å². The highest BCUT2D eigenvalue weighted by molar-refractivity contribution is 6.30. The van der Waals surface area contributed by atoms with Crippen molar-refractivity contribution >= 4 is 11.6 Å². The number of aromatic nitrogens is 4. The lowest BCUT2D eigenvalue weighted by atomic mass is 10.0. The maximum atomic E-state index is 5.98. The number of aryl methyl sites for hydroxylation is 1. The fourth-order valence-electron chi connectivity index (χ4n) is 1.85. The molecule has 0 spiro atoms. The van der Waals surface area contributed by atoms with Crippen LogP contribution < -0.4 is 5.32 Å². The molecule has 0 aliphatic rings. The molecular formula is C12H16ClN5. The van der Waals surface area contributed by atoms with Crippen molar-refractivity contribution < 1.29 is 0 Å². The fourth-order valence-corrected chi connectivity index (χ4v) is 2.06. The van der Waals surface area contributed by atoms with Gasteiger partial charge in [-0.3, -0.25) is 0 Å². The molecule has 1 atom stereocenters. The molecule has 1 unspecified atom stereocenters. The van der Waals surface area contributed by atoms with E-state index < -0.39 is 0 Å². The summed E-state index contributed by atoms with van der Waals surface area (Å²) in [4.78, 5) is 1.47. The van der Waals surface area contributed by atoms with Gasteiger partial charge in [-0.05, 0) is 36.4 Å². The van der Waals surface area contributed by atoms with Crippen LogP contribution in [0.4, 0.5) is 0 Å². The number of rotatable bonds is 5. The third-order valence-corrected chi connectivity index (χ3v) is 2.99. The number of nitrogens with zero attached hydrogens (tertiary/aromatic N) is 4. The quantitative estimate of drug-likeness (QED) is 0.884. The van der Waals surface area contributed by atoms with Crippen LogP contribution in [0.5, 0.6) is 0 Å². The molecule has 0 amide bonds. The fraction of sp³-hybridized carbons (Fsp3) is 0.417. The average molecular weight is 266 g/mol. The van der Waals surface area contributed by atoms with E-state index in [1.54, 1.807) is 7.05 Å². The summed E-state index contributed by atoms with van der Waals surface area (Å²) < 4.78 is 0. The van der Waals surface area contributed by atoms with Gasteiger partial charge in [0.2, 0.25) is 0 Å². The summed E-state index contributed by atoms with van der Waals surface area (Å²) in [6.45, 7) is 0. The average Bonchev–Trinajstić information content (AvgIpc) is 2.74. The Morgan fingerprint density at radius 2 is 2.22 bits per heavy atom. The standard InChI is InChI=1S/C12H16ClN5/c1-14-11(8-12-15-17-18(2)16-12)7-9-4-3-5-10(13)6-9/h3-6,11,14H,7-8H2,1-2H3. The zero-order chi connectivity index (χ0) is 13.0. The van der Waals surface area contributed by atoms with E-state index in [9.17, 15) is 0 Å². The van der Waals surface area contributed by atoms with Crippen LogP contribution in [0.25, 0.3) is 0 Å². The van der Waals surface area contributed by atoms with E-state index in [4.69, 9.17) is 11.6 Å². The molecular weight excluding hydrogens is 250 g/mol. The van der Waals surface area contributed by atoms with Gasteiger partial charge in [-0.1, -0.05) is 23.7 Å². The van der Waals surface area contributed by atoms with Gasteiger partial charge >= 0.3 is 0 Å². The third-order valence-electron chi connectivity index (χ3n) is 2.76. The van der Waals surface area contributed by atoms with Crippen LogP contribution in [0.15, 0.2) is 24.3 Å². The van der Waals surface area contributed by atoms with Gasteiger partial charge in [-0.2, -0.15) is 4.80 Å². The van der Waals surface area contributed by atoms with Crippen LogP contribution in [-0.4, -0.2) is 33.3 Å². The molecule has 0 fully saturated rings. The molecule has 0 radical (unpaired) electrons. The van der Waals surface area contributed by atoms with Gasteiger partial charge in [-0.15, -0.1) is 10.2 Å². The Labute approximate surface area is 111 Å². The number of tetrazole rings is 1. The molecule has 6 heteroatoms. The Morgan fingerprint density at radius 3 is 2.83 bits per heavy atom. The summed E-state index contributed by atoms with van der Waals surface area (Å²) in [5.74, 6) is 0.749. The zero-order valence-electron chi connectivity index (χ0n) is 10.5. The number of likely N-dealkylation sites (N-methyl/N-ethyl adjacent to an activating group) is 1.